The molecule has 2 aliphatic rings. The minimum Gasteiger partial charge on any atom is -0.360 e. The van der Waals surface area contributed by atoms with E-state index in [-0.39, 0.29) is 23.7 Å². The molecule has 0 aromatic heterocycles. The summed E-state index contributed by atoms with van der Waals surface area (Å²) in [4.78, 5) is 16.7. The first kappa shape index (κ1) is 17.9. The quantitative estimate of drug-likeness (QED) is 0.848. The average molecular weight is 341 g/mol. The van der Waals surface area contributed by atoms with Crippen LogP contribution in [0.3, 0.4) is 0 Å². The van der Waals surface area contributed by atoms with Gasteiger partial charge in [-0.3, -0.25) is 9.69 Å². The van der Waals surface area contributed by atoms with Gasteiger partial charge in [0.15, 0.2) is 0 Å². The largest absolute Gasteiger partial charge is 0.360 e. The van der Waals surface area contributed by atoms with E-state index in [1.54, 1.807) is 0 Å². The maximum absolute atomic E-state index is 12.3. The van der Waals surface area contributed by atoms with Crippen molar-refractivity contribution >= 4 is 5.91 Å². The highest BCUT2D eigenvalue weighted by molar-refractivity contribution is 5.81. The van der Waals surface area contributed by atoms with Crippen molar-refractivity contribution in [2.75, 3.05) is 19.6 Å². The number of piperidine rings is 1. The number of hydrogen-bond donors (Lipinski definition) is 0. The molecule has 2 aliphatic heterocycles. The van der Waals surface area contributed by atoms with Gasteiger partial charge < -0.3 is 9.64 Å². The molecule has 0 saturated carbocycles. The lowest BCUT2D eigenvalue weighted by Crippen LogP contribution is -2.62. The maximum Gasteiger partial charge on any atom is 0.251 e. The number of carbonyl (C=O) groups is 1. The SMILES string of the molecule is CC1OC2(CCN(Cc3ccc(C#N)cc3)CC2)CN(C(C)C)C1=O. The van der Waals surface area contributed by atoms with Gasteiger partial charge in [0.05, 0.1) is 23.8 Å². The van der Waals surface area contributed by atoms with E-state index in [2.05, 4.69) is 24.8 Å². The first-order valence-corrected chi connectivity index (χ1v) is 9.12. The van der Waals surface area contributed by atoms with Gasteiger partial charge in [-0.25, -0.2) is 0 Å². The molecule has 0 bridgehead atoms. The summed E-state index contributed by atoms with van der Waals surface area (Å²) >= 11 is 0. The molecule has 2 saturated heterocycles. The molecule has 1 atom stereocenters. The molecule has 0 aliphatic carbocycles. The summed E-state index contributed by atoms with van der Waals surface area (Å²) in [6.45, 7) is 9.55. The second-order valence-corrected chi connectivity index (χ2v) is 7.59. The third-order valence-electron chi connectivity index (χ3n) is 5.40. The van der Waals surface area contributed by atoms with Gasteiger partial charge in [0, 0.05) is 25.7 Å². The lowest BCUT2D eigenvalue weighted by atomic mass is 9.87. The van der Waals surface area contributed by atoms with E-state index in [0.29, 0.717) is 12.1 Å². The number of nitriles is 1. The van der Waals surface area contributed by atoms with Crippen LogP contribution in [0.25, 0.3) is 0 Å². The number of rotatable bonds is 3. The molecule has 1 unspecified atom stereocenters. The predicted octanol–water partition coefficient (Wildman–Crippen LogP) is 2.55. The van der Waals surface area contributed by atoms with Crippen molar-refractivity contribution < 1.29 is 9.53 Å². The van der Waals surface area contributed by atoms with Crippen LogP contribution in [0.2, 0.25) is 0 Å². The number of carbonyl (C=O) groups excluding carboxylic acids is 1. The lowest BCUT2D eigenvalue weighted by Gasteiger charge is -2.50. The van der Waals surface area contributed by atoms with Gasteiger partial charge in [-0.1, -0.05) is 12.1 Å². The van der Waals surface area contributed by atoms with Gasteiger partial charge in [-0.05, 0) is 51.3 Å². The number of nitrogens with zero attached hydrogens (tertiary/aromatic N) is 3. The van der Waals surface area contributed by atoms with E-state index in [0.717, 1.165) is 32.5 Å². The molecule has 134 valence electrons. The van der Waals surface area contributed by atoms with Crippen LogP contribution in [0.5, 0.6) is 0 Å². The number of hydrogen-bond acceptors (Lipinski definition) is 4. The Hall–Kier alpha value is -1.90. The van der Waals surface area contributed by atoms with Crippen molar-refractivity contribution in [1.82, 2.24) is 9.80 Å². The Kier molecular flexibility index (Phi) is 5.12. The highest BCUT2D eigenvalue weighted by Crippen LogP contribution is 2.34. The summed E-state index contributed by atoms with van der Waals surface area (Å²) in [5.74, 6) is 0.112. The summed E-state index contributed by atoms with van der Waals surface area (Å²) in [6.07, 6.45) is 1.55. The molecular formula is C20H27N3O2. The second-order valence-electron chi connectivity index (χ2n) is 7.59. The normalized spacial score (nSPS) is 23.9. The highest BCUT2D eigenvalue weighted by Gasteiger charge is 2.45. The number of likely N-dealkylation sites (tertiary alicyclic amines) is 1. The zero-order valence-electron chi connectivity index (χ0n) is 15.4. The van der Waals surface area contributed by atoms with E-state index >= 15 is 0 Å². The smallest absolute Gasteiger partial charge is 0.251 e. The van der Waals surface area contributed by atoms with Crippen molar-refractivity contribution in [2.45, 2.75) is 57.9 Å². The summed E-state index contributed by atoms with van der Waals surface area (Å²) in [7, 11) is 0. The summed E-state index contributed by atoms with van der Waals surface area (Å²) in [6, 6.07) is 10.2. The Labute approximate surface area is 150 Å². The van der Waals surface area contributed by atoms with Gasteiger partial charge in [0.25, 0.3) is 5.91 Å². The number of ether oxygens (including phenoxy) is 1. The van der Waals surface area contributed by atoms with Gasteiger partial charge in [0.1, 0.15) is 6.10 Å². The molecule has 5 nitrogen and oxygen atoms in total. The van der Waals surface area contributed by atoms with E-state index < -0.39 is 0 Å². The molecule has 1 spiro atoms. The molecule has 2 heterocycles. The molecule has 2 fully saturated rings. The van der Waals surface area contributed by atoms with E-state index in [9.17, 15) is 4.79 Å². The van der Waals surface area contributed by atoms with Crippen molar-refractivity contribution in [3.63, 3.8) is 0 Å². The van der Waals surface area contributed by atoms with E-state index in [4.69, 9.17) is 10.00 Å². The van der Waals surface area contributed by atoms with Crippen molar-refractivity contribution in [2.24, 2.45) is 0 Å². The van der Waals surface area contributed by atoms with E-state index in [1.165, 1.54) is 5.56 Å². The molecule has 1 amide bonds. The zero-order chi connectivity index (χ0) is 18.0. The van der Waals surface area contributed by atoms with Crippen molar-refractivity contribution in [3.8, 4) is 6.07 Å². The maximum atomic E-state index is 12.3. The third-order valence-corrected chi connectivity index (χ3v) is 5.40. The first-order chi connectivity index (χ1) is 11.9. The fourth-order valence-corrected chi connectivity index (χ4v) is 3.86. The fourth-order valence-electron chi connectivity index (χ4n) is 3.86. The van der Waals surface area contributed by atoms with Crippen molar-refractivity contribution in [1.29, 1.82) is 5.26 Å². The van der Waals surface area contributed by atoms with Crippen LogP contribution >= 0.6 is 0 Å². The average Bonchev–Trinajstić information content (AvgIpc) is 2.61. The highest BCUT2D eigenvalue weighted by atomic mass is 16.5. The fraction of sp³-hybridized carbons (Fsp3) is 0.600. The van der Waals surface area contributed by atoms with Gasteiger partial charge in [-0.15, -0.1) is 0 Å². The minimum atomic E-state index is -0.346. The van der Waals surface area contributed by atoms with Crippen LogP contribution in [0.15, 0.2) is 24.3 Å². The van der Waals surface area contributed by atoms with Gasteiger partial charge >= 0.3 is 0 Å². The second kappa shape index (κ2) is 7.15. The Bertz CT molecular complexity index is 655. The van der Waals surface area contributed by atoms with Gasteiger partial charge in [-0.2, -0.15) is 5.26 Å². The van der Waals surface area contributed by atoms with Crippen LogP contribution in [0, 0.1) is 11.3 Å². The van der Waals surface area contributed by atoms with Gasteiger partial charge in [0.2, 0.25) is 0 Å². The number of morpholine rings is 1. The number of amides is 1. The molecule has 1 aromatic rings. The molecule has 0 N–H and O–H groups in total. The van der Waals surface area contributed by atoms with Crippen LogP contribution < -0.4 is 0 Å². The molecule has 0 radical (unpaired) electrons. The number of benzene rings is 1. The summed E-state index contributed by atoms with van der Waals surface area (Å²) in [5, 5.41) is 8.89. The molecule has 1 aromatic carbocycles. The van der Waals surface area contributed by atoms with Crippen LogP contribution in [0.1, 0.15) is 44.7 Å². The Morgan fingerprint density at radius 3 is 2.48 bits per heavy atom. The Balaban J connectivity index is 1.60. The monoisotopic (exact) mass is 341 g/mol. The van der Waals surface area contributed by atoms with Crippen molar-refractivity contribution in [3.05, 3.63) is 35.4 Å². The lowest BCUT2D eigenvalue weighted by molar-refractivity contribution is -0.193. The first-order valence-electron chi connectivity index (χ1n) is 9.12. The molecule has 3 rings (SSSR count). The minimum absolute atomic E-state index is 0.112. The zero-order valence-corrected chi connectivity index (χ0v) is 15.4. The van der Waals surface area contributed by atoms with Crippen LogP contribution in [0.4, 0.5) is 0 Å². The Morgan fingerprint density at radius 1 is 1.28 bits per heavy atom. The topological polar surface area (TPSA) is 56.6 Å². The molecular weight excluding hydrogens is 314 g/mol. The van der Waals surface area contributed by atoms with Crippen LogP contribution in [-0.2, 0) is 16.1 Å². The summed E-state index contributed by atoms with van der Waals surface area (Å²) < 4.78 is 6.18. The Morgan fingerprint density at radius 2 is 1.92 bits per heavy atom. The van der Waals surface area contributed by atoms with E-state index in [1.807, 2.05) is 36.1 Å². The predicted molar refractivity (Wildman–Crippen MR) is 95.8 cm³/mol. The summed E-state index contributed by atoms with van der Waals surface area (Å²) in [5.41, 5.74) is 1.73. The molecule has 5 heteroatoms. The standard InChI is InChI=1S/C20H27N3O2/c1-15(2)23-14-20(25-16(3)19(23)24)8-10-22(11-9-20)13-18-6-4-17(12-21)5-7-18/h4-7,15-16H,8-11,13-14H2,1-3H3. The van der Waals surface area contributed by atoms with Crippen LogP contribution in [-0.4, -0.2) is 53.1 Å². The third kappa shape index (κ3) is 3.86. The molecule has 25 heavy (non-hydrogen) atoms.